The summed E-state index contributed by atoms with van der Waals surface area (Å²) in [4.78, 5) is 29.7. The zero-order valence-corrected chi connectivity index (χ0v) is 13.8. The van der Waals surface area contributed by atoms with Crippen LogP contribution in [0.2, 0.25) is 0 Å². The van der Waals surface area contributed by atoms with Gasteiger partial charge in [0.2, 0.25) is 11.8 Å². The normalized spacial score (nSPS) is 22.2. The van der Waals surface area contributed by atoms with Crippen molar-refractivity contribution in [3.63, 3.8) is 0 Å². The molecule has 7 nitrogen and oxygen atoms in total. The highest BCUT2D eigenvalue weighted by atomic mass is 32.2. The van der Waals surface area contributed by atoms with E-state index in [1.54, 1.807) is 0 Å². The fourth-order valence-corrected chi connectivity index (χ4v) is 3.77. The van der Waals surface area contributed by atoms with Gasteiger partial charge < -0.3 is 9.15 Å². The number of imide groups is 1. The number of benzene rings is 1. The van der Waals surface area contributed by atoms with Gasteiger partial charge in [-0.05, 0) is 24.1 Å². The molecule has 1 atom stereocenters. The molecule has 0 bridgehead atoms. The van der Waals surface area contributed by atoms with Crippen LogP contribution in [-0.4, -0.2) is 52.6 Å². The van der Waals surface area contributed by atoms with Crippen LogP contribution in [-0.2, 0) is 22.5 Å². The zero-order valence-electron chi connectivity index (χ0n) is 13.0. The Morgan fingerprint density at radius 3 is 2.88 bits per heavy atom. The third kappa shape index (κ3) is 3.31. The monoisotopic (exact) mass is 347 g/mol. The van der Waals surface area contributed by atoms with E-state index in [0.717, 1.165) is 54.7 Å². The molecule has 2 amide bonds. The third-order valence-electron chi connectivity index (χ3n) is 4.15. The van der Waals surface area contributed by atoms with Crippen LogP contribution in [0.3, 0.4) is 0 Å². The number of carbonyl (C=O) groups excluding carboxylic acids is 2. The standard InChI is InChI=1S/C16H17N3O4S/c20-15-13(24-16(21)18-15)8-10-1-2-12-11(7-10)17-14(23-12)9-19-3-5-22-6-4-19/h1-2,7,13H,3-6,8-9H2,(H,18,20,21). The van der Waals surface area contributed by atoms with Crippen LogP contribution in [0, 0.1) is 0 Å². The molecule has 0 aliphatic carbocycles. The number of oxazole rings is 1. The maximum atomic E-state index is 11.7. The van der Waals surface area contributed by atoms with E-state index >= 15 is 0 Å². The number of hydrogen-bond donors (Lipinski definition) is 1. The van der Waals surface area contributed by atoms with Gasteiger partial charge in [0.15, 0.2) is 5.58 Å². The van der Waals surface area contributed by atoms with Gasteiger partial charge in [-0.15, -0.1) is 0 Å². The van der Waals surface area contributed by atoms with Crippen LogP contribution in [0.15, 0.2) is 22.6 Å². The second-order valence-electron chi connectivity index (χ2n) is 5.89. The molecule has 24 heavy (non-hydrogen) atoms. The van der Waals surface area contributed by atoms with Crippen molar-refractivity contribution in [2.45, 2.75) is 18.2 Å². The number of hydrogen-bond acceptors (Lipinski definition) is 7. The molecule has 2 aliphatic heterocycles. The van der Waals surface area contributed by atoms with E-state index in [1.807, 2.05) is 18.2 Å². The predicted molar refractivity (Wildman–Crippen MR) is 88.7 cm³/mol. The number of nitrogens with one attached hydrogen (secondary N) is 1. The number of morpholine rings is 1. The van der Waals surface area contributed by atoms with Crippen LogP contribution in [0.4, 0.5) is 4.79 Å². The highest BCUT2D eigenvalue weighted by Crippen LogP contribution is 2.25. The molecule has 0 radical (unpaired) electrons. The lowest BCUT2D eigenvalue weighted by Gasteiger charge is -2.24. The molecule has 2 aromatic rings. The molecule has 2 saturated heterocycles. The molecule has 0 spiro atoms. The summed E-state index contributed by atoms with van der Waals surface area (Å²) in [6.07, 6.45) is 0.504. The van der Waals surface area contributed by atoms with E-state index < -0.39 is 0 Å². The number of rotatable bonds is 4. The molecule has 1 unspecified atom stereocenters. The van der Waals surface area contributed by atoms with Gasteiger partial charge >= 0.3 is 0 Å². The van der Waals surface area contributed by atoms with Crippen molar-refractivity contribution in [1.29, 1.82) is 0 Å². The SMILES string of the molecule is O=C1NC(=O)C(Cc2ccc3oc(CN4CCOCC4)nc3c2)S1. The van der Waals surface area contributed by atoms with Crippen molar-refractivity contribution in [2.75, 3.05) is 26.3 Å². The molecule has 1 N–H and O–H groups in total. The first kappa shape index (κ1) is 15.6. The quantitative estimate of drug-likeness (QED) is 0.898. The molecule has 3 heterocycles. The minimum Gasteiger partial charge on any atom is -0.439 e. The minimum atomic E-state index is -0.366. The van der Waals surface area contributed by atoms with Gasteiger partial charge in [0.1, 0.15) is 5.52 Å². The van der Waals surface area contributed by atoms with Crippen molar-refractivity contribution in [3.05, 3.63) is 29.7 Å². The Bertz CT molecular complexity index is 785. The molecule has 1 aromatic heterocycles. The second kappa shape index (κ2) is 6.54. The lowest BCUT2D eigenvalue weighted by atomic mass is 10.1. The van der Waals surface area contributed by atoms with Crippen molar-refractivity contribution >= 4 is 34.0 Å². The molecular formula is C16H17N3O4S. The molecule has 8 heteroatoms. The van der Waals surface area contributed by atoms with E-state index in [4.69, 9.17) is 9.15 Å². The van der Waals surface area contributed by atoms with Crippen molar-refractivity contribution in [3.8, 4) is 0 Å². The molecular weight excluding hydrogens is 330 g/mol. The summed E-state index contributed by atoms with van der Waals surface area (Å²) in [5, 5.41) is 1.67. The van der Waals surface area contributed by atoms with Gasteiger partial charge in [0.25, 0.3) is 5.24 Å². The van der Waals surface area contributed by atoms with Crippen LogP contribution < -0.4 is 5.32 Å². The molecule has 1 aromatic carbocycles. The van der Waals surface area contributed by atoms with Crippen molar-refractivity contribution < 1.29 is 18.7 Å². The number of carbonyl (C=O) groups is 2. The number of aromatic nitrogens is 1. The summed E-state index contributed by atoms with van der Waals surface area (Å²) in [5.41, 5.74) is 2.49. The molecule has 126 valence electrons. The second-order valence-corrected chi connectivity index (χ2v) is 7.06. The van der Waals surface area contributed by atoms with Crippen LogP contribution in [0.1, 0.15) is 11.5 Å². The first-order valence-corrected chi connectivity index (χ1v) is 8.75. The van der Waals surface area contributed by atoms with E-state index in [-0.39, 0.29) is 16.4 Å². The molecule has 2 aliphatic rings. The van der Waals surface area contributed by atoms with Gasteiger partial charge in [-0.1, -0.05) is 17.8 Å². The molecule has 2 fully saturated rings. The van der Waals surface area contributed by atoms with Gasteiger partial charge in [0.05, 0.1) is 25.0 Å². The van der Waals surface area contributed by atoms with Gasteiger partial charge in [-0.25, -0.2) is 4.98 Å². The minimum absolute atomic E-state index is 0.224. The zero-order chi connectivity index (χ0) is 16.5. The Labute approximate surface area is 142 Å². The number of nitrogens with zero attached hydrogens (tertiary/aromatic N) is 2. The first-order valence-electron chi connectivity index (χ1n) is 7.87. The lowest BCUT2D eigenvalue weighted by Crippen LogP contribution is -2.35. The number of ether oxygens (including phenoxy) is 1. The highest BCUT2D eigenvalue weighted by Gasteiger charge is 2.31. The van der Waals surface area contributed by atoms with Crippen LogP contribution in [0.5, 0.6) is 0 Å². The van der Waals surface area contributed by atoms with E-state index in [1.165, 1.54) is 0 Å². The van der Waals surface area contributed by atoms with Crippen molar-refractivity contribution in [1.82, 2.24) is 15.2 Å². The Hall–Kier alpha value is -1.90. The summed E-state index contributed by atoms with van der Waals surface area (Å²) in [6.45, 7) is 3.91. The van der Waals surface area contributed by atoms with Gasteiger partial charge in [0, 0.05) is 13.1 Å². The summed E-state index contributed by atoms with van der Waals surface area (Å²) >= 11 is 1.04. The predicted octanol–water partition coefficient (Wildman–Crippen LogP) is 1.55. The topological polar surface area (TPSA) is 84.7 Å². The van der Waals surface area contributed by atoms with E-state index in [9.17, 15) is 9.59 Å². The summed E-state index contributed by atoms with van der Waals surface area (Å²) < 4.78 is 11.1. The smallest absolute Gasteiger partial charge is 0.286 e. The maximum Gasteiger partial charge on any atom is 0.286 e. The number of amides is 2. The number of fused-ring (bicyclic) bond motifs is 1. The maximum absolute atomic E-state index is 11.7. The summed E-state index contributed by atoms with van der Waals surface area (Å²) in [6, 6.07) is 5.72. The van der Waals surface area contributed by atoms with Gasteiger partial charge in [-0.3, -0.25) is 19.8 Å². The first-order chi connectivity index (χ1) is 11.7. The van der Waals surface area contributed by atoms with Crippen molar-refractivity contribution in [2.24, 2.45) is 0 Å². The summed E-state index contributed by atoms with van der Waals surface area (Å²) in [7, 11) is 0. The van der Waals surface area contributed by atoms with Crippen LogP contribution in [0.25, 0.3) is 11.1 Å². The average molecular weight is 347 g/mol. The summed E-state index contributed by atoms with van der Waals surface area (Å²) in [5.74, 6) is 0.463. The van der Waals surface area contributed by atoms with Gasteiger partial charge in [-0.2, -0.15) is 0 Å². The Morgan fingerprint density at radius 1 is 1.29 bits per heavy atom. The van der Waals surface area contributed by atoms with E-state index in [2.05, 4.69) is 15.2 Å². The lowest BCUT2D eigenvalue weighted by molar-refractivity contribution is -0.118. The third-order valence-corrected chi connectivity index (χ3v) is 5.13. The largest absolute Gasteiger partial charge is 0.439 e. The highest BCUT2D eigenvalue weighted by molar-refractivity contribution is 8.15. The molecule has 4 rings (SSSR count). The van der Waals surface area contributed by atoms with Crippen LogP contribution >= 0.6 is 11.8 Å². The fraction of sp³-hybridized carbons (Fsp3) is 0.438. The molecule has 0 saturated carbocycles. The average Bonchev–Trinajstić information content (AvgIpc) is 3.10. The Balaban J connectivity index is 1.48. The Morgan fingerprint density at radius 2 is 2.12 bits per heavy atom. The fourth-order valence-electron chi connectivity index (χ4n) is 2.91. The Kier molecular flexibility index (Phi) is 4.26. The number of thioether (sulfide) groups is 1. The van der Waals surface area contributed by atoms with E-state index in [0.29, 0.717) is 18.9 Å².